The average Bonchev–Trinajstić information content (AvgIpc) is 3.44. The lowest BCUT2D eigenvalue weighted by molar-refractivity contribution is 0.239. The summed E-state index contributed by atoms with van der Waals surface area (Å²) in [7, 11) is 3.69. The van der Waals surface area contributed by atoms with Crippen LogP contribution in [0.1, 0.15) is 13.3 Å². The molecular weight excluding hydrogens is 485 g/mol. The Balaban J connectivity index is 1.69. The van der Waals surface area contributed by atoms with E-state index < -0.39 is 0 Å². The molecule has 35 heavy (non-hydrogen) atoms. The highest BCUT2D eigenvalue weighted by atomic mass is 35.5. The number of aryl methyl sites for hydroxylation is 2. The van der Waals surface area contributed by atoms with Crippen molar-refractivity contribution >= 4 is 51.2 Å². The zero-order chi connectivity index (χ0) is 24.9. The van der Waals surface area contributed by atoms with Gasteiger partial charge in [-0.2, -0.15) is 9.78 Å². The number of halogens is 2. The number of carbonyl (C=O) groups excluding carboxylic acids is 1. The molecule has 0 unspecified atom stereocenters. The van der Waals surface area contributed by atoms with Gasteiger partial charge in [-0.3, -0.25) is 9.36 Å². The van der Waals surface area contributed by atoms with Gasteiger partial charge in [0.25, 0.3) is 5.56 Å². The number of pyridine rings is 1. The number of hydrogen-bond acceptors (Lipinski definition) is 3. The van der Waals surface area contributed by atoms with Gasteiger partial charge in [0.2, 0.25) is 0 Å². The fraction of sp³-hybridized carbons (Fsp3) is 0.192. The third kappa shape index (κ3) is 3.90. The molecule has 2 aromatic carbocycles. The SMILES string of the molecule is CCCNC(=O)n1ccc(-c2ccc3c(c2)c2cc(-c4ccc(Cl)cc4Cl)c(=O)n(C)c2n3C)n1. The zero-order valence-electron chi connectivity index (χ0n) is 19.5. The lowest BCUT2D eigenvalue weighted by Crippen LogP contribution is -2.29. The van der Waals surface area contributed by atoms with Gasteiger partial charge in [-0.15, -0.1) is 0 Å². The number of fused-ring (bicyclic) bond motifs is 3. The first-order valence-corrected chi connectivity index (χ1v) is 12.0. The summed E-state index contributed by atoms with van der Waals surface area (Å²) in [5.41, 5.74) is 4.29. The van der Waals surface area contributed by atoms with Crippen molar-refractivity contribution in [2.24, 2.45) is 14.1 Å². The molecule has 1 N–H and O–H groups in total. The molecule has 5 rings (SSSR count). The molecule has 0 aliphatic rings. The number of benzene rings is 2. The van der Waals surface area contributed by atoms with Crippen LogP contribution in [0.4, 0.5) is 4.79 Å². The fourth-order valence-electron chi connectivity index (χ4n) is 4.45. The Morgan fingerprint density at radius 3 is 2.51 bits per heavy atom. The van der Waals surface area contributed by atoms with E-state index in [9.17, 15) is 9.59 Å². The second kappa shape index (κ2) is 8.91. The van der Waals surface area contributed by atoms with Gasteiger partial charge < -0.3 is 9.88 Å². The number of carbonyl (C=O) groups is 1. The lowest BCUT2D eigenvalue weighted by Gasteiger charge is -2.09. The van der Waals surface area contributed by atoms with E-state index in [1.54, 1.807) is 36.0 Å². The average molecular weight is 508 g/mol. The first-order valence-electron chi connectivity index (χ1n) is 11.2. The maximum absolute atomic E-state index is 13.3. The minimum absolute atomic E-state index is 0.148. The number of nitrogens with zero attached hydrogens (tertiary/aromatic N) is 4. The normalized spacial score (nSPS) is 11.5. The lowest BCUT2D eigenvalue weighted by atomic mass is 10.0. The van der Waals surface area contributed by atoms with Crippen LogP contribution in [0.2, 0.25) is 10.0 Å². The Kier molecular flexibility index (Phi) is 5.91. The van der Waals surface area contributed by atoms with Crippen LogP contribution >= 0.6 is 23.2 Å². The number of rotatable bonds is 4. The topological polar surface area (TPSA) is 73.8 Å². The van der Waals surface area contributed by atoms with Crippen LogP contribution in [0.15, 0.2) is 59.5 Å². The first kappa shape index (κ1) is 23.2. The minimum atomic E-state index is -0.260. The highest BCUT2D eigenvalue weighted by Crippen LogP contribution is 2.35. The maximum atomic E-state index is 13.3. The van der Waals surface area contributed by atoms with Crippen molar-refractivity contribution in [3.05, 3.63) is 75.1 Å². The Bertz CT molecular complexity index is 1680. The molecule has 178 valence electrons. The van der Waals surface area contributed by atoms with Crippen LogP contribution in [-0.2, 0) is 14.1 Å². The number of aromatic nitrogens is 4. The smallest absolute Gasteiger partial charge is 0.336 e. The molecule has 5 aromatic rings. The van der Waals surface area contributed by atoms with Gasteiger partial charge in [-0.1, -0.05) is 42.3 Å². The highest BCUT2D eigenvalue weighted by molar-refractivity contribution is 6.36. The van der Waals surface area contributed by atoms with Gasteiger partial charge in [-0.05, 0) is 42.8 Å². The summed E-state index contributed by atoms with van der Waals surface area (Å²) in [6.07, 6.45) is 2.50. The van der Waals surface area contributed by atoms with Gasteiger partial charge in [0.15, 0.2) is 0 Å². The van der Waals surface area contributed by atoms with E-state index in [1.807, 2.05) is 48.9 Å². The largest absolute Gasteiger partial charge is 0.342 e. The summed E-state index contributed by atoms with van der Waals surface area (Å²) in [6.45, 7) is 2.59. The standard InChI is InChI=1S/C26H23Cl2N5O2/c1-4-10-29-26(35)33-11-9-22(30-33)15-5-8-23-18(12-15)19-14-20(17-7-6-16(27)13-21(17)28)25(34)32(3)24(19)31(23)2/h5-9,11-14H,4,10H2,1-3H3,(H,29,35). The molecule has 0 aliphatic heterocycles. The quantitative estimate of drug-likeness (QED) is 0.332. The molecule has 7 nitrogen and oxygen atoms in total. The molecule has 0 spiro atoms. The van der Waals surface area contributed by atoms with Crippen molar-refractivity contribution in [1.29, 1.82) is 0 Å². The molecular formula is C26H23Cl2N5O2. The van der Waals surface area contributed by atoms with Crippen molar-refractivity contribution in [1.82, 2.24) is 24.2 Å². The summed E-state index contributed by atoms with van der Waals surface area (Å²) in [5.74, 6) is 0. The predicted molar refractivity (Wildman–Crippen MR) is 141 cm³/mol. The number of hydrogen-bond donors (Lipinski definition) is 1. The number of nitrogens with one attached hydrogen (secondary N) is 1. The zero-order valence-corrected chi connectivity index (χ0v) is 21.0. The van der Waals surface area contributed by atoms with Gasteiger partial charge >= 0.3 is 6.03 Å². The fourth-order valence-corrected chi connectivity index (χ4v) is 4.96. The van der Waals surface area contributed by atoms with Gasteiger partial charge in [0.1, 0.15) is 5.65 Å². The Hall–Kier alpha value is -3.55. The molecule has 0 atom stereocenters. The van der Waals surface area contributed by atoms with Crippen LogP contribution in [0.5, 0.6) is 0 Å². The van der Waals surface area contributed by atoms with E-state index in [4.69, 9.17) is 23.2 Å². The Morgan fingerprint density at radius 1 is 0.971 bits per heavy atom. The summed E-state index contributed by atoms with van der Waals surface area (Å²) >= 11 is 12.5. The summed E-state index contributed by atoms with van der Waals surface area (Å²) < 4.78 is 4.95. The van der Waals surface area contributed by atoms with Gasteiger partial charge in [0.05, 0.1) is 16.2 Å². The molecule has 1 amide bonds. The summed E-state index contributed by atoms with van der Waals surface area (Å²) in [6, 6.07) is 14.6. The van der Waals surface area contributed by atoms with E-state index in [-0.39, 0.29) is 11.6 Å². The predicted octanol–water partition coefficient (Wildman–Crippen LogP) is 5.84. The van der Waals surface area contributed by atoms with Gasteiger partial charge in [0, 0.05) is 59.3 Å². The van der Waals surface area contributed by atoms with E-state index in [0.29, 0.717) is 33.4 Å². The molecule has 3 aromatic heterocycles. The monoisotopic (exact) mass is 507 g/mol. The Labute approximate surface area is 211 Å². The third-order valence-corrected chi connectivity index (χ3v) is 6.74. The Morgan fingerprint density at radius 2 is 1.77 bits per heavy atom. The molecule has 0 aliphatic carbocycles. The molecule has 0 radical (unpaired) electrons. The van der Waals surface area contributed by atoms with Crippen LogP contribution in [-0.4, -0.2) is 31.5 Å². The first-order chi connectivity index (χ1) is 16.8. The van der Waals surface area contributed by atoms with Gasteiger partial charge in [-0.25, -0.2) is 4.79 Å². The van der Waals surface area contributed by atoms with E-state index >= 15 is 0 Å². The van der Waals surface area contributed by atoms with E-state index in [1.165, 1.54) is 4.68 Å². The molecule has 0 saturated carbocycles. The van der Waals surface area contributed by atoms with Crippen molar-refractivity contribution in [2.45, 2.75) is 13.3 Å². The molecule has 9 heteroatoms. The number of amides is 1. The third-order valence-electron chi connectivity index (χ3n) is 6.19. The van der Waals surface area contributed by atoms with Crippen LogP contribution in [0.3, 0.4) is 0 Å². The maximum Gasteiger partial charge on any atom is 0.342 e. The van der Waals surface area contributed by atoms with E-state index in [2.05, 4.69) is 10.4 Å². The molecule has 0 bridgehead atoms. The highest BCUT2D eigenvalue weighted by Gasteiger charge is 2.18. The van der Waals surface area contributed by atoms with Crippen LogP contribution in [0, 0.1) is 0 Å². The molecule has 0 fully saturated rings. The summed E-state index contributed by atoms with van der Waals surface area (Å²) in [5, 5.41) is 10.1. The van der Waals surface area contributed by atoms with Crippen molar-refractivity contribution in [2.75, 3.05) is 6.54 Å². The van der Waals surface area contributed by atoms with Crippen molar-refractivity contribution < 1.29 is 4.79 Å². The summed E-state index contributed by atoms with van der Waals surface area (Å²) in [4.78, 5) is 25.6. The molecule has 0 saturated heterocycles. The molecule has 3 heterocycles. The minimum Gasteiger partial charge on any atom is -0.336 e. The van der Waals surface area contributed by atoms with Crippen molar-refractivity contribution in [3.8, 4) is 22.4 Å². The second-order valence-corrected chi connectivity index (χ2v) is 9.30. The van der Waals surface area contributed by atoms with Crippen molar-refractivity contribution in [3.63, 3.8) is 0 Å². The second-order valence-electron chi connectivity index (χ2n) is 8.45. The van der Waals surface area contributed by atoms with E-state index in [0.717, 1.165) is 33.9 Å². The van der Waals surface area contributed by atoms with Crippen LogP contribution in [0.25, 0.3) is 44.3 Å². The van der Waals surface area contributed by atoms with Crippen LogP contribution < -0.4 is 10.9 Å².